The molecule has 1 N–H and O–H groups in total. The molecule has 2 rings (SSSR count). The lowest BCUT2D eigenvalue weighted by molar-refractivity contribution is -0.120. The van der Waals surface area contributed by atoms with Gasteiger partial charge >= 0.3 is 0 Å². The van der Waals surface area contributed by atoms with E-state index in [2.05, 4.69) is 4.72 Å². The van der Waals surface area contributed by atoms with Gasteiger partial charge in [0.15, 0.2) is 5.78 Å². The zero-order chi connectivity index (χ0) is 15.6. The second-order valence-corrected chi connectivity index (χ2v) is 6.89. The van der Waals surface area contributed by atoms with Gasteiger partial charge in [0, 0.05) is 12.1 Å². The van der Waals surface area contributed by atoms with Gasteiger partial charge in [-0.3, -0.25) is 9.59 Å². The van der Waals surface area contributed by atoms with Gasteiger partial charge < -0.3 is 4.90 Å². The first-order chi connectivity index (χ1) is 9.86. The third-order valence-electron chi connectivity index (χ3n) is 3.64. The SMILES string of the molecule is CNS(=O)(=O)c1cccc(C(=O)N2CCC[C@@H]2C(C)=O)c1. The van der Waals surface area contributed by atoms with E-state index in [-0.39, 0.29) is 22.1 Å². The van der Waals surface area contributed by atoms with Crippen molar-refractivity contribution in [2.75, 3.05) is 13.6 Å². The molecule has 0 saturated carbocycles. The third-order valence-corrected chi connectivity index (χ3v) is 5.05. The molecule has 0 aromatic heterocycles. The molecule has 21 heavy (non-hydrogen) atoms. The number of Topliss-reactive ketones (excluding diaryl/α,β-unsaturated/α-hetero) is 1. The highest BCUT2D eigenvalue weighted by Crippen LogP contribution is 2.22. The van der Waals surface area contributed by atoms with Gasteiger partial charge in [0.1, 0.15) is 0 Å². The Hall–Kier alpha value is -1.73. The first-order valence-electron chi connectivity index (χ1n) is 6.72. The van der Waals surface area contributed by atoms with Crippen molar-refractivity contribution in [3.63, 3.8) is 0 Å². The monoisotopic (exact) mass is 310 g/mol. The summed E-state index contributed by atoms with van der Waals surface area (Å²) in [5.41, 5.74) is 0.277. The van der Waals surface area contributed by atoms with E-state index < -0.39 is 16.1 Å². The Labute approximate surface area is 124 Å². The van der Waals surface area contributed by atoms with Crippen molar-refractivity contribution in [2.24, 2.45) is 0 Å². The number of nitrogens with one attached hydrogen (secondary N) is 1. The van der Waals surface area contributed by atoms with E-state index in [9.17, 15) is 18.0 Å². The van der Waals surface area contributed by atoms with Gasteiger partial charge in [0.25, 0.3) is 5.91 Å². The van der Waals surface area contributed by atoms with E-state index in [0.29, 0.717) is 13.0 Å². The number of sulfonamides is 1. The van der Waals surface area contributed by atoms with Crippen molar-refractivity contribution in [1.82, 2.24) is 9.62 Å². The summed E-state index contributed by atoms with van der Waals surface area (Å²) >= 11 is 0. The van der Waals surface area contributed by atoms with Crippen molar-refractivity contribution >= 4 is 21.7 Å². The molecular formula is C14H18N2O4S. The fraction of sp³-hybridized carbons (Fsp3) is 0.429. The van der Waals surface area contributed by atoms with Crippen LogP contribution in [0.1, 0.15) is 30.1 Å². The van der Waals surface area contributed by atoms with Crippen molar-refractivity contribution < 1.29 is 18.0 Å². The van der Waals surface area contributed by atoms with Crippen molar-refractivity contribution in [2.45, 2.75) is 30.7 Å². The van der Waals surface area contributed by atoms with Crippen LogP contribution in [0.3, 0.4) is 0 Å². The summed E-state index contributed by atoms with van der Waals surface area (Å²) in [5.74, 6) is -0.347. The first-order valence-corrected chi connectivity index (χ1v) is 8.20. The number of carbonyl (C=O) groups is 2. The lowest BCUT2D eigenvalue weighted by Gasteiger charge is -2.22. The molecule has 1 aliphatic rings. The predicted octanol–water partition coefficient (Wildman–Crippen LogP) is 0.788. The number of likely N-dealkylation sites (tertiary alicyclic amines) is 1. The average molecular weight is 310 g/mol. The fourth-order valence-electron chi connectivity index (χ4n) is 2.51. The van der Waals surface area contributed by atoms with Crippen LogP contribution in [0, 0.1) is 0 Å². The second kappa shape index (κ2) is 5.95. The third kappa shape index (κ3) is 3.14. The van der Waals surface area contributed by atoms with Crippen LogP contribution in [0.5, 0.6) is 0 Å². The topological polar surface area (TPSA) is 83.6 Å². The normalized spacial score (nSPS) is 18.8. The molecule has 1 amide bonds. The minimum absolute atomic E-state index is 0.0365. The molecule has 0 aliphatic carbocycles. The number of hydrogen-bond acceptors (Lipinski definition) is 4. The molecule has 114 valence electrons. The highest BCUT2D eigenvalue weighted by molar-refractivity contribution is 7.89. The smallest absolute Gasteiger partial charge is 0.254 e. The second-order valence-electron chi connectivity index (χ2n) is 5.00. The molecule has 1 aromatic rings. The molecule has 1 fully saturated rings. The first kappa shape index (κ1) is 15.7. The number of amides is 1. The van der Waals surface area contributed by atoms with E-state index in [1.54, 1.807) is 6.07 Å². The Morgan fingerprint density at radius 3 is 2.67 bits per heavy atom. The van der Waals surface area contributed by atoms with E-state index >= 15 is 0 Å². The summed E-state index contributed by atoms with van der Waals surface area (Å²) in [4.78, 5) is 25.6. The Bertz CT molecular complexity index is 669. The minimum Gasteiger partial charge on any atom is -0.329 e. The highest BCUT2D eigenvalue weighted by atomic mass is 32.2. The lowest BCUT2D eigenvalue weighted by Crippen LogP contribution is -2.39. The molecule has 1 aliphatic heterocycles. The van der Waals surface area contributed by atoms with E-state index in [1.165, 1.54) is 37.1 Å². The molecule has 7 heteroatoms. The summed E-state index contributed by atoms with van der Waals surface area (Å²) in [6.45, 7) is 1.99. The van der Waals surface area contributed by atoms with Crippen molar-refractivity contribution in [3.05, 3.63) is 29.8 Å². The average Bonchev–Trinajstić information content (AvgIpc) is 2.96. The van der Waals surface area contributed by atoms with Crippen LogP contribution in [0.25, 0.3) is 0 Å². The number of ketones is 1. The largest absolute Gasteiger partial charge is 0.329 e. The van der Waals surface area contributed by atoms with Gasteiger partial charge in [0.2, 0.25) is 10.0 Å². The zero-order valence-corrected chi connectivity index (χ0v) is 12.8. The van der Waals surface area contributed by atoms with E-state index in [4.69, 9.17) is 0 Å². The molecule has 1 heterocycles. The minimum atomic E-state index is -3.60. The quantitative estimate of drug-likeness (QED) is 0.891. The summed E-state index contributed by atoms with van der Waals surface area (Å²) in [6, 6.07) is 5.45. The van der Waals surface area contributed by atoms with Crippen LogP contribution < -0.4 is 4.72 Å². The highest BCUT2D eigenvalue weighted by Gasteiger charge is 2.32. The Kier molecular flexibility index (Phi) is 4.43. The molecular weight excluding hydrogens is 292 g/mol. The standard InChI is InChI=1S/C14H18N2O4S/c1-10(17)13-7-4-8-16(13)14(18)11-5-3-6-12(9-11)21(19,20)15-2/h3,5-6,9,13,15H,4,7-8H2,1-2H3/t13-/m1/s1. The number of nitrogens with zero attached hydrogens (tertiary/aromatic N) is 1. The van der Waals surface area contributed by atoms with Crippen molar-refractivity contribution in [1.29, 1.82) is 0 Å². The van der Waals surface area contributed by atoms with Gasteiger partial charge in [-0.2, -0.15) is 0 Å². The van der Waals surface area contributed by atoms with Gasteiger partial charge in [-0.1, -0.05) is 6.07 Å². The van der Waals surface area contributed by atoms with E-state index in [0.717, 1.165) is 6.42 Å². The van der Waals surface area contributed by atoms with Crippen LogP contribution in [0.15, 0.2) is 29.2 Å². The van der Waals surface area contributed by atoms with Gasteiger partial charge in [-0.15, -0.1) is 0 Å². The Morgan fingerprint density at radius 2 is 2.05 bits per heavy atom. The van der Waals surface area contributed by atoms with Crippen LogP contribution in [0.2, 0.25) is 0 Å². The number of hydrogen-bond donors (Lipinski definition) is 1. The summed E-state index contributed by atoms with van der Waals surface area (Å²) in [7, 11) is -2.28. The zero-order valence-electron chi connectivity index (χ0n) is 12.0. The summed E-state index contributed by atoms with van der Waals surface area (Å²) < 4.78 is 25.8. The maximum absolute atomic E-state index is 12.5. The van der Waals surface area contributed by atoms with E-state index in [1.807, 2.05) is 0 Å². The Balaban J connectivity index is 2.32. The van der Waals surface area contributed by atoms with Crippen LogP contribution in [0.4, 0.5) is 0 Å². The number of carbonyl (C=O) groups excluding carboxylic acids is 2. The summed E-state index contributed by atoms with van der Waals surface area (Å²) in [6.07, 6.45) is 1.44. The number of benzene rings is 1. The Morgan fingerprint density at radius 1 is 1.33 bits per heavy atom. The predicted molar refractivity (Wildman–Crippen MR) is 77.4 cm³/mol. The molecule has 0 bridgehead atoms. The molecule has 1 saturated heterocycles. The molecule has 0 spiro atoms. The maximum atomic E-state index is 12.5. The molecule has 1 aromatic carbocycles. The molecule has 0 radical (unpaired) electrons. The molecule has 1 atom stereocenters. The van der Waals surface area contributed by atoms with Gasteiger partial charge in [0.05, 0.1) is 10.9 Å². The molecule has 6 nitrogen and oxygen atoms in total. The van der Waals surface area contributed by atoms with Gasteiger partial charge in [-0.25, -0.2) is 13.1 Å². The number of rotatable bonds is 4. The lowest BCUT2D eigenvalue weighted by atomic mass is 10.1. The van der Waals surface area contributed by atoms with Crippen molar-refractivity contribution in [3.8, 4) is 0 Å². The van der Waals surface area contributed by atoms with Crippen LogP contribution in [-0.4, -0.2) is 44.6 Å². The van der Waals surface area contributed by atoms with Crippen LogP contribution in [-0.2, 0) is 14.8 Å². The van der Waals surface area contributed by atoms with Gasteiger partial charge in [-0.05, 0) is 45.0 Å². The molecule has 0 unspecified atom stereocenters. The summed E-state index contributed by atoms with van der Waals surface area (Å²) in [5, 5.41) is 0. The maximum Gasteiger partial charge on any atom is 0.254 e. The fourth-order valence-corrected chi connectivity index (χ4v) is 3.29. The van der Waals surface area contributed by atoms with Crippen LogP contribution >= 0.6 is 0 Å².